The number of carbonyl (C=O) groups excluding carboxylic acids is 1. The van der Waals surface area contributed by atoms with Crippen LogP contribution >= 0.6 is 23.2 Å². The topological polar surface area (TPSA) is 100 Å². The van der Waals surface area contributed by atoms with E-state index in [1.165, 1.54) is 6.08 Å². The number of benzene rings is 3. The number of aromatic amines is 1. The molecule has 190 valence electrons. The van der Waals surface area contributed by atoms with Crippen LogP contribution in [-0.4, -0.2) is 37.8 Å². The van der Waals surface area contributed by atoms with Gasteiger partial charge in [0.25, 0.3) is 0 Å². The number of hydrogen-bond acceptors (Lipinski definition) is 3. The molecule has 0 aliphatic rings. The van der Waals surface area contributed by atoms with Crippen molar-refractivity contribution in [3.8, 4) is 16.9 Å². The minimum absolute atomic E-state index is 0.138. The van der Waals surface area contributed by atoms with Crippen LogP contribution in [0, 0.1) is 0 Å². The van der Waals surface area contributed by atoms with Gasteiger partial charge in [-0.05, 0) is 42.0 Å². The Morgan fingerprint density at radius 2 is 1.79 bits per heavy atom. The summed E-state index contributed by atoms with van der Waals surface area (Å²) in [4.78, 5) is 27.9. The van der Waals surface area contributed by atoms with E-state index in [0.717, 1.165) is 27.7 Å². The summed E-state index contributed by atoms with van der Waals surface area (Å²) in [5.74, 6) is -1.66. The number of halogens is 2. The first-order valence-electron chi connectivity index (χ1n) is 11.8. The van der Waals surface area contributed by atoms with E-state index in [-0.39, 0.29) is 6.42 Å². The van der Waals surface area contributed by atoms with Gasteiger partial charge < -0.3 is 15.4 Å². The number of carboxylic acid groups (broad SMARTS) is 1. The highest BCUT2D eigenvalue weighted by molar-refractivity contribution is 6.42. The van der Waals surface area contributed by atoms with Crippen molar-refractivity contribution in [2.24, 2.45) is 0 Å². The Morgan fingerprint density at radius 3 is 2.55 bits per heavy atom. The lowest BCUT2D eigenvalue weighted by molar-refractivity contribution is -0.141. The average Bonchev–Trinajstić information content (AvgIpc) is 3.54. The quantitative estimate of drug-likeness (QED) is 0.204. The number of fused-ring (bicyclic) bond motifs is 1. The molecule has 7 nitrogen and oxygen atoms in total. The summed E-state index contributed by atoms with van der Waals surface area (Å²) in [6.45, 7) is 0. The number of rotatable bonds is 8. The summed E-state index contributed by atoms with van der Waals surface area (Å²) in [5, 5.41) is 18.8. The van der Waals surface area contributed by atoms with Gasteiger partial charge in [-0.1, -0.05) is 65.7 Å². The molecule has 2 aromatic heterocycles. The molecule has 0 aliphatic carbocycles. The third-order valence-electron chi connectivity index (χ3n) is 6.08. The van der Waals surface area contributed by atoms with Crippen molar-refractivity contribution in [3.63, 3.8) is 0 Å². The third kappa shape index (κ3) is 5.49. The average molecular weight is 545 g/mol. The van der Waals surface area contributed by atoms with E-state index in [9.17, 15) is 14.7 Å². The van der Waals surface area contributed by atoms with Gasteiger partial charge in [-0.2, -0.15) is 5.10 Å². The SMILES string of the molecule is O=C(/C=C/c1cn(-c2ccccc2)nc1-c1ccc(Cl)c(Cl)c1)NC(Cc1c[nH]c2ccccc12)C(=O)O. The van der Waals surface area contributed by atoms with Crippen LogP contribution in [0.3, 0.4) is 0 Å². The summed E-state index contributed by atoms with van der Waals surface area (Å²) < 4.78 is 1.70. The van der Waals surface area contributed by atoms with Crippen molar-refractivity contribution in [3.05, 3.63) is 112 Å². The highest BCUT2D eigenvalue weighted by Crippen LogP contribution is 2.31. The number of carboxylic acids is 1. The lowest BCUT2D eigenvalue weighted by Gasteiger charge is -2.12. The molecule has 38 heavy (non-hydrogen) atoms. The maximum Gasteiger partial charge on any atom is 0.326 e. The molecule has 0 fully saturated rings. The standard InChI is InChI=1S/C29H22Cl2N4O3/c30-23-12-10-18(14-24(23)31)28-19(17-35(34-28)21-6-2-1-3-7-21)11-13-27(36)33-26(29(37)38)15-20-16-32-25-9-5-4-8-22(20)25/h1-14,16-17,26,32H,15H2,(H,33,36)(H,37,38)/b13-11+. The Morgan fingerprint density at radius 1 is 1.03 bits per heavy atom. The minimum Gasteiger partial charge on any atom is -0.480 e. The second-order valence-electron chi connectivity index (χ2n) is 8.64. The van der Waals surface area contributed by atoms with Gasteiger partial charge in [0.1, 0.15) is 11.7 Å². The van der Waals surface area contributed by atoms with Crippen LogP contribution in [0.1, 0.15) is 11.1 Å². The Labute approximate surface area is 228 Å². The maximum absolute atomic E-state index is 12.8. The van der Waals surface area contributed by atoms with Crippen LogP contribution in [-0.2, 0) is 16.0 Å². The lowest BCUT2D eigenvalue weighted by atomic mass is 10.0. The van der Waals surface area contributed by atoms with Crippen molar-refractivity contribution in [1.29, 1.82) is 0 Å². The van der Waals surface area contributed by atoms with Crippen LogP contribution in [0.4, 0.5) is 0 Å². The molecule has 0 radical (unpaired) electrons. The first-order valence-corrected chi connectivity index (χ1v) is 12.5. The zero-order chi connectivity index (χ0) is 26.6. The fourth-order valence-electron chi connectivity index (χ4n) is 4.20. The van der Waals surface area contributed by atoms with Gasteiger partial charge in [0.2, 0.25) is 5.91 Å². The normalized spacial score (nSPS) is 12.2. The molecular weight excluding hydrogens is 523 g/mol. The Bertz CT molecular complexity index is 1660. The molecule has 1 amide bonds. The highest BCUT2D eigenvalue weighted by Gasteiger charge is 2.21. The summed E-state index contributed by atoms with van der Waals surface area (Å²) in [5.41, 5.74) is 4.50. The predicted molar refractivity (Wildman–Crippen MR) is 150 cm³/mol. The van der Waals surface area contributed by atoms with Gasteiger partial charge in [0, 0.05) is 46.9 Å². The van der Waals surface area contributed by atoms with Gasteiger partial charge in [-0.15, -0.1) is 0 Å². The van der Waals surface area contributed by atoms with Crippen LogP contribution in [0.5, 0.6) is 0 Å². The molecule has 5 rings (SSSR count). The summed E-state index contributed by atoms with van der Waals surface area (Å²) in [7, 11) is 0. The Kier molecular flexibility index (Phi) is 7.31. The van der Waals surface area contributed by atoms with Gasteiger partial charge in [-0.3, -0.25) is 4.79 Å². The zero-order valence-corrected chi connectivity index (χ0v) is 21.4. The van der Waals surface area contributed by atoms with Crippen LogP contribution in [0.2, 0.25) is 10.0 Å². The summed E-state index contributed by atoms with van der Waals surface area (Å²) in [6.07, 6.45) is 6.60. The van der Waals surface area contributed by atoms with Crippen molar-refractivity contribution in [2.45, 2.75) is 12.5 Å². The van der Waals surface area contributed by atoms with Crippen LogP contribution < -0.4 is 5.32 Å². The predicted octanol–water partition coefficient (Wildman–Crippen LogP) is 6.15. The number of nitrogens with zero attached hydrogens (tertiary/aromatic N) is 2. The molecule has 0 saturated carbocycles. The number of H-pyrrole nitrogens is 1. The van der Waals surface area contributed by atoms with E-state index >= 15 is 0 Å². The van der Waals surface area contributed by atoms with Crippen LogP contribution in [0.25, 0.3) is 33.9 Å². The number of amides is 1. The molecule has 9 heteroatoms. The Balaban J connectivity index is 1.40. The molecule has 3 aromatic carbocycles. The van der Waals surface area contributed by atoms with Crippen molar-refractivity contribution >= 4 is 52.1 Å². The maximum atomic E-state index is 12.8. The minimum atomic E-state index is -1.12. The number of carbonyl (C=O) groups is 2. The number of aromatic nitrogens is 3. The first kappa shape index (κ1) is 25.3. The van der Waals surface area contributed by atoms with Gasteiger partial charge >= 0.3 is 5.97 Å². The summed E-state index contributed by atoms with van der Waals surface area (Å²) >= 11 is 12.3. The first-order chi connectivity index (χ1) is 18.4. The van der Waals surface area contributed by atoms with E-state index in [0.29, 0.717) is 21.3 Å². The van der Waals surface area contributed by atoms with Crippen molar-refractivity contribution in [1.82, 2.24) is 20.1 Å². The molecule has 1 atom stereocenters. The van der Waals surface area contributed by atoms with Crippen molar-refractivity contribution in [2.75, 3.05) is 0 Å². The third-order valence-corrected chi connectivity index (χ3v) is 6.82. The Hall–Kier alpha value is -4.33. The summed E-state index contributed by atoms with van der Waals surface area (Å²) in [6, 6.07) is 21.2. The molecular formula is C29H22Cl2N4O3. The largest absolute Gasteiger partial charge is 0.480 e. The molecule has 5 aromatic rings. The smallest absolute Gasteiger partial charge is 0.326 e. The molecule has 1 unspecified atom stereocenters. The molecule has 0 bridgehead atoms. The molecule has 0 spiro atoms. The molecule has 0 aliphatic heterocycles. The number of aliphatic carboxylic acids is 1. The van der Waals surface area contributed by atoms with Gasteiger partial charge in [0.05, 0.1) is 15.7 Å². The monoisotopic (exact) mass is 544 g/mol. The van der Waals surface area contributed by atoms with E-state index in [1.807, 2.05) is 54.6 Å². The van der Waals surface area contributed by atoms with E-state index < -0.39 is 17.9 Å². The van der Waals surface area contributed by atoms with Crippen LogP contribution in [0.15, 0.2) is 91.3 Å². The van der Waals surface area contributed by atoms with E-state index in [4.69, 9.17) is 28.3 Å². The highest BCUT2D eigenvalue weighted by atomic mass is 35.5. The fraction of sp³-hybridized carbons (Fsp3) is 0.0690. The fourth-order valence-corrected chi connectivity index (χ4v) is 4.49. The zero-order valence-electron chi connectivity index (χ0n) is 19.9. The molecule has 0 saturated heterocycles. The van der Waals surface area contributed by atoms with Crippen molar-refractivity contribution < 1.29 is 14.7 Å². The van der Waals surface area contributed by atoms with Gasteiger partial charge in [-0.25, -0.2) is 9.48 Å². The second-order valence-corrected chi connectivity index (χ2v) is 9.45. The molecule has 2 heterocycles. The molecule has 3 N–H and O–H groups in total. The lowest BCUT2D eigenvalue weighted by Crippen LogP contribution is -2.41. The van der Waals surface area contributed by atoms with Gasteiger partial charge in [0.15, 0.2) is 0 Å². The number of nitrogens with one attached hydrogen (secondary N) is 2. The number of para-hydroxylation sites is 2. The number of hydrogen-bond donors (Lipinski definition) is 3. The van der Waals surface area contributed by atoms with E-state index in [2.05, 4.69) is 10.3 Å². The van der Waals surface area contributed by atoms with E-state index in [1.54, 1.807) is 41.4 Å². The second kappa shape index (κ2) is 11.0.